The molecular weight excluding hydrogens is 214 g/mol. The fraction of sp³-hybridized carbons (Fsp3) is 0.929. The molecule has 0 amide bonds. The van der Waals surface area contributed by atoms with Crippen LogP contribution in [0.3, 0.4) is 0 Å². The SMILES string of the molecule is C.CC.O=C(O)CCCCCN1CCCCC1. The average Bonchev–Trinajstić information content (AvgIpc) is 2.32. The van der Waals surface area contributed by atoms with E-state index in [1.165, 1.54) is 38.9 Å². The van der Waals surface area contributed by atoms with Crippen LogP contribution in [0.4, 0.5) is 0 Å². The van der Waals surface area contributed by atoms with E-state index in [4.69, 9.17) is 5.11 Å². The molecule has 104 valence electrons. The van der Waals surface area contributed by atoms with E-state index in [2.05, 4.69) is 4.90 Å². The van der Waals surface area contributed by atoms with Gasteiger partial charge < -0.3 is 10.0 Å². The van der Waals surface area contributed by atoms with Crippen LogP contribution in [-0.4, -0.2) is 35.6 Å². The topological polar surface area (TPSA) is 40.5 Å². The van der Waals surface area contributed by atoms with E-state index >= 15 is 0 Å². The van der Waals surface area contributed by atoms with Crippen molar-refractivity contribution in [3.05, 3.63) is 0 Å². The van der Waals surface area contributed by atoms with E-state index in [-0.39, 0.29) is 7.43 Å². The van der Waals surface area contributed by atoms with Gasteiger partial charge in [0.2, 0.25) is 0 Å². The smallest absolute Gasteiger partial charge is 0.303 e. The molecule has 0 saturated carbocycles. The molecule has 0 aromatic rings. The Kier molecular flexibility index (Phi) is 14.9. The van der Waals surface area contributed by atoms with E-state index in [0.717, 1.165) is 19.3 Å². The quantitative estimate of drug-likeness (QED) is 0.724. The Morgan fingerprint density at radius 1 is 1.06 bits per heavy atom. The molecule has 0 spiro atoms. The molecule has 3 nitrogen and oxygen atoms in total. The molecule has 1 aliphatic heterocycles. The van der Waals surface area contributed by atoms with Gasteiger partial charge in [0.05, 0.1) is 0 Å². The third kappa shape index (κ3) is 11.7. The number of rotatable bonds is 6. The van der Waals surface area contributed by atoms with Crippen LogP contribution in [0.15, 0.2) is 0 Å². The average molecular weight is 245 g/mol. The van der Waals surface area contributed by atoms with Crippen molar-refractivity contribution in [3.63, 3.8) is 0 Å². The summed E-state index contributed by atoms with van der Waals surface area (Å²) in [6.07, 6.45) is 7.46. The second-order valence-corrected chi connectivity index (χ2v) is 4.11. The molecule has 0 bridgehead atoms. The standard InChI is InChI=1S/C11H21NO2.C2H6.CH4/c13-11(14)7-3-1-4-8-12-9-5-2-6-10-12;1-2;/h1-10H2,(H,13,14);1-2H3;1H4. The number of carboxylic acids is 1. The summed E-state index contributed by atoms with van der Waals surface area (Å²) in [7, 11) is 0. The first-order valence-corrected chi connectivity index (χ1v) is 6.73. The zero-order chi connectivity index (χ0) is 12.2. The minimum absolute atomic E-state index is 0. The summed E-state index contributed by atoms with van der Waals surface area (Å²) in [4.78, 5) is 12.8. The molecule has 0 aliphatic carbocycles. The van der Waals surface area contributed by atoms with E-state index in [1.54, 1.807) is 0 Å². The highest BCUT2D eigenvalue weighted by Crippen LogP contribution is 2.10. The van der Waals surface area contributed by atoms with Crippen LogP contribution >= 0.6 is 0 Å². The van der Waals surface area contributed by atoms with Crippen LogP contribution in [0.1, 0.15) is 66.2 Å². The predicted octanol–water partition coefficient (Wildman–Crippen LogP) is 3.78. The first-order valence-electron chi connectivity index (χ1n) is 6.73. The van der Waals surface area contributed by atoms with Crippen molar-refractivity contribution in [1.29, 1.82) is 0 Å². The maximum Gasteiger partial charge on any atom is 0.303 e. The van der Waals surface area contributed by atoms with Crippen LogP contribution in [0.5, 0.6) is 0 Å². The van der Waals surface area contributed by atoms with Crippen molar-refractivity contribution in [2.75, 3.05) is 19.6 Å². The molecule has 1 fully saturated rings. The molecule has 0 unspecified atom stereocenters. The fourth-order valence-corrected chi connectivity index (χ4v) is 1.97. The van der Waals surface area contributed by atoms with E-state index < -0.39 is 5.97 Å². The summed E-state index contributed by atoms with van der Waals surface area (Å²) in [5.41, 5.74) is 0. The fourth-order valence-electron chi connectivity index (χ4n) is 1.97. The van der Waals surface area contributed by atoms with Gasteiger partial charge in [0.25, 0.3) is 0 Å². The van der Waals surface area contributed by atoms with E-state index in [1.807, 2.05) is 13.8 Å². The van der Waals surface area contributed by atoms with Crippen LogP contribution in [-0.2, 0) is 4.79 Å². The first kappa shape index (κ1) is 18.8. The Morgan fingerprint density at radius 2 is 1.65 bits per heavy atom. The molecule has 0 aromatic heterocycles. The van der Waals surface area contributed by atoms with Gasteiger partial charge in [0, 0.05) is 6.42 Å². The van der Waals surface area contributed by atoms with E-state index in [9.17, 15) is 4.79 Å². The number of aliphatic carboxylic acids is 1. The van der Waals surface area contributed by atoms with Crippen molar-refractivity contribution in [1.82, 2.24) is 4.90 Å². The largest absolute Gasteiger partial charge is 0.481 e. The predicted molar refractivity (Wildman–Crippen MR) is 74.5 cm³/mol. The van der Waals surface area contributed by atoms with Gasteiger partial charge in [-0.25, -0.2) is 0 Å². The van der Waals surface area contributed by atoms with Gasteiger partial charge in [-0.05, 0) is 45.3 Å². The number of likely N-dealkylation sites (tertiary alicyclic amines) is 1. The van der Waals surface area contributed by atoms with Gasteiger partial charge in [0.1, 0.15) is 0 Å². The van der Waals surface area contributed by atoms with Crippen molar-refractivity contribution >= 4 is 5.97 Å². The lowest BCUT2D eigenvalue weighted by Crippen LogP contribution is -2.30. The molecule has 0 atom stereocenters. The third-order valence-corrected chi connectivity index (χ3v) is 2.81. The zero-order valence-corrected chi connectivity index (χ0v) is 10.9. The Morgan fingerprint density at radius 3 is 2.18 bits per heavy atom. The molecule has 0 aromatic carbocycles. The summed E-state index contributed by atoms with van der Waals surface area (Å²) in [6.45, 7) is 7.66. The number of unbranched alkanes of at least 4 members (excludes halogenated alkanes) is 2. The minimum Gasteiger partial charge on any atom is -0.481 e. The molecular formula is C14H31NO2. The Balaban J connectivity index is 0. The second-order valence-electron chi connectivity index (χ2n) is 4.11. The number of carboxylic acid groups (broad SMARTS) is 1. The van der Waals surface area contributed by atoms with Crippen molar-refractivity contribution < 1.29 is 9.90 Å². The number of carbonyl (C=O) groups is 1. The van der Waals surface area contributed by atoms with Crippen molar-refractivity contribution in [2.45, 2.75) is 66.2 Å². The van der Waals surface area contributed by atoms with Gasteiger partial charge in [-0.1, -0.05) is 34.1 Å². The van der Waals surface area contributed by atoms with Crippen LogP contribution in [0.25, 0.3) is 0 Å². The van der Waals surface area contributed by atoms with Crippen LogP contribution < -0.4 is 0 Å². The highest BCUT2D eigenvalue weighted by molar-refractivity contribution is 5.66. The molecule has 1 N–H and O–H groups in total. The molecule has 1 heterocycles. The van der Waals surface area contributed by atoms with Gasteiger partial charge in [-0.3, -0.25) is 4.79 Å². The Hall–Kier alpha value is -0.570. The monoisotopic (exact) mass is 245 g/mol. The first-order chi connectivity index (χ1) is 7.79. The number of hydrogen-bond acceptors (Lipinski definition) is 2. The molecule has 1 aliphatic rings. The number of hydrogen-bond donors (Lipinski definition) is 1. The lowest BCUT2D eigenvalue weighted by molar-refractivity contribution is -0.137. The molecule has 1 saturated heterocycles. The third-order valence-electron chi connectivity index (χ3n) is 2.81. The van der Waals surface area contributed by atoms with Gasteiger partial charge in [0.15, 0.2) is 0 Å². The van der Waals surface area contributed by atoms with Gasteiger partial charge in [-0.15, -0.1) is 0 Å². The normalized spacial score (nSPS) is 15.4. The summed E-state index contributed by atoms with van der Waals surface area (Å²) < 4.78 is 0. The highest BCUT2D eigenvalue weighted by atomic mass is 16.4. The Labute approximate surface area is 107 Å². The summed E-state index contributed by atoms with van der Waals surface area (Å²) >= 11 is 0. The molecule has 1 rings (SSSR count). The van der Waals surface area contributed by atoms with Crippen molar-refractivity contribution in [2.24, 2.45) is 0 Å². The van der Waals surface area contributed by atoms with Gasteiger partial charge in [-0.2, -0.15) is 0 Å². The van der Waals surface area contributed by atoms with Gasteiger partial charge >= 0.3 is 5.97 Å². The van der Waals surface area contributed by atoms with Crippen molar-refractivity contribution in [3.8, 4) is 0 Å². The summed E-state index contributed by atoms with van der Waals surface area (Å²) in [5, 5.41) is 8.45. The molecule has 17 heavy (non-hydrogen) atoms. The minimum atomic E-state index is -0.664. The lowest BCUT2D eigenvalue weighted by Gasteiger charge is -2.26. The zero-order valence-electron chi connectivity index (χ0n) is 10.9. The number of piperidine rings is 1. The van der Waals surface area contributed by atoms with Crippen LogP contribution in [0, 0.1) is 0 Å². The maximum absolute atomic E-state index is 10.3. The van der Waals surface area contributed by atoms with Crippen LogP contribution in [0.2, 0.25) is 0 Å². The maximum atomic E-state index is 10.3. The Bertz CT molecular complexity index is 166. The summed E-state index contributed by atoms with van der Waals surface area (Å²) in [6, 6.07) is 0. The summed E-state index contributed by atoms with van der Waals surface area (Å²) in [5.74, 6) is -0.664. The number of nitrogens with zero attached hydrogens (tertiary/aromatic N) is 1. The molecule has 3 heteroatoms. The highest BCUT2D eigenvalue weighted by Gasteiger charge is 2.08. The second kappa shape index (κ2) is 13.5. The molecule has 0 radical (unpaired) electrons. The lowest BCUT2D eigenvalue weighted by atomic mass is 10.1. The van der Waals surface area contributed by atoms with E-state index in [0.29, 0.717) is 6.42 Å².